The van der Waals surface area contributed by atoms with Crippen molar-refractivity contribution in [2.45, 2.75) is 46.1 Å². The number of piperazine rings is 1. The van der Waals surface area contributed by atoms with Crippen molar-refractivity contribution < 1.29 is 20.1 Å². The first-order valence-electron chi connectivity index (χ1n) is 14.2. The second-order valence-electron chi connectivity index (χ2n) is 11.4. The number of aromatic hydroxyl groups is 3. The second kappa shape index (κ2) is 11.9. The lowest BCUT2D eigenvalue weighted by Gasteiger charge is -2.38. The fourth-order valence-electron chi connectivity index (χ4n) is 5.86. The number of hydrogen-bond acceptors (Lipinski definition) is 8. The highest BCUT2D eigenvalue weighted by molar-refractivity contribution is 5.73. The minimum atomic E-state index is -0.274. The highest BCUT2D eigenvalue weighted by Crippen LogP contribution is 2.38. The Morgan fingerprint density at radius 2 is 1.55 bits per heavy atom. The molecule has 5 rings (SSSR count). The topological polar surface area (TPSA) is 118 Å². The molecule has 40 heavy (non-hydrogen) atoms. The Hall–Kier alpha value is -3.63. The largest absolute Gasteiger partial charge is 0.508 e. The first-order valence-corrected chi connectivity index (χ1v) is 14.2. The molecule has 0 bridgehead atoms. The maximum atomic E-state index is 11.6. The quantitative estimate of drug-likeness (QED) is 0.410. The van der Waals surface area contributed by atoms with Gasteiger partial charge in [0.1, 0.15) is 11.5 Å². The molecule has 3 N–H and O–H groups in total. The van der Waals surface area contributed by atoms with Gasteiger partial charge < -0.3 is 25.1 Å². The number of likely N-dealkylation sites (tertiary alicyclic amines) is 1. The van der Waals surface area contributed by atoms with Gasteiger partial charge in [-0.3, -0.25) is 9.69 Å². The third-order valence-electron chi connectivity index (χ3n) is 8.30. The van der Waals surface area contributed by atoms with Crippen LogP contribution in [-0.2, 0) is 11.3 Å². The van der Waals surface area contributed by atoms with E-state index in [2.05, 4.69) is 20.0 Å². The number of carbonyl (C=O) groups excluding carboxylic acids is 1. The molecule has 0 atom stereocenters. The van der Waals surface area contributed by atoms with Gasteiger partial charge in [0.15, 0.2) is 5.82 Å². The molecule has 1 aromatic heterocycles. The van der Waals surface area contributed by atoms with Crippen LogP contribution in [0, 0.1) is 5.92 Å². The van der Waals surface area contributed by atoms with Gasteiger partial charge in [0.25, 0.3) is 0 Å². The lowest BCUT2D eigenvalue weighted by atomic mass is 9.96. The standard InChI is InChI=1S/C30H40N6O4/c1-20(2)25-16-26(28(39)17-27(25)38)29-31-32-30(40)36(29)24-6-4-22(5-7-24)18-33-12-14-34(15-13-33)19-23-8-10-35(11-9-23)21(3)37/h4-7,16-17,20,23,38-39H,8-15,18-19H2,1-3H3,(H,32,40). The van der Waals surface area contributed by atoms with Gasteiger partial charge in [0, 0.05) is 65.3 Å². The molecule has 0 saturated carbocycles. The summed E-state index contributed by atoms with van der Waals surface area (Å²) in [5.74, 6) is 1.09. The molecule has 2 aliphatic heterocycles. The van der Waals surface area contributed by atoms with Gasteiger partial charge in [-0.25, -0.2) is 4.57 Å². The molecule has 3 heterocycles. The van der Waals surface area contributed by atoms with Crippen molar-refractivity contribution in [1.82, 2.24) is 29.5 Å². The third kappa shape index (κ3) is 6.08. The van der Waals surface area contributed by atoms with Crippen LogP contribution < -0.4 is 0 Å². The molecule has 1 amide bonds. The molecular formula is C30H40N6O4. The first-order chi connectivity index (χ1) is 19.2. The van der Waals surface area contributed by atoms with Gasteiger partial charge in [-0.05, 0) is 54.0 Å². The van der Waals surface area contributed by atoms with E-state index in [-0.39, 0.29) is 29.3 Å². The molecule has 10 heteroatoms. The van der Waals surface area contributed by atoms with Gasteiger partial charge in [-0.2, -0.15) is 0 Å². The average molecular weight is 549 g/mol. The van der Waals surface area contributed by atoms with E-state index >= 15 is 0 Å². The molecule has 2 aliphatic rings. The molecule has 2 fully saturated rings. The van der Waals surface area contributed by atoms with Crippen LogP contribution in [0.1, 0.15) is 50.7 Å². The summed E-state index contributed by atoms with van der Waals surface area (Å²) in [7, 11) is 0. The Balaban J connectivity index is 1.20. The number of nitrogens with zero attached hydrogens (tertiary/aromatic N) is 6. The van der Waals surface area contributed by atoms with E-state index < -0.39 is 0 Å². The summed E-state index contributed by atoms with van der Waals surface area (Å²) < 4.78 is 1.50. The molecule has 2 saturated heterocycles. The maximum absolute atomic E-state index is 11.6. The normalized spacial score (nSPS) is 17.6. The summed E-state index contributed by atoms with van der Waals surface area (Å²) in [5, 5.41) is 39.3. The number of piperidine rings is 1. The molecule has 10 nitrogen and oxygen atoms in total. The lowest BCUT2D eigenvalue weighted by molar-refractivity contribution is -0.130. The van der Waals surface area contributed by atoms with Gasteiger partial charge >= 0.3 is 6.01 Å². The second-order valence-corrected chi connectivity index (χ2v) is 11.4. The van der Waals surface area contributed by atoms with E-state index in [1.54, 1.807) is 13.0 Å². The number of hydrogen-bond donors (Lipinski definition) is 3. The van der Waals surface area contributed by atoms with Crippen LogP contribution in [0.25, 0.3) is 17.1 Å². The molecule has 0 spiro atoms. The predicted molar refractivity (Wildman–Crippen MR) is 153 cm³/mol. The van der Waals surface area contributed by atoms with Crippen molar-refractivity contribution in [3.63, 3.8) is 0 Å². The Bertz CT molecular complexity index is 1320. The summed E-state index contributed by atoms with van der Waals surface area (Å²) in [6.45, 7) is 13.5. The molecule has 0 aliphatic carbocycles. The van der Waals surface area contributed by atoms with E-state index in [9.17, 15) is 20.1 Å². The number of benzene rings is 2. The third-order valence-corrected chi connectivity index (χ3v) is 8.30. The SMILES string of the molecule is CC(=O)N1CCC(CN2CCN(Cc3ccc(-n4c(O)nnc4-c4cc(C(C)C)c(O)cc4O)cc3)CC2)CC1. The van der Waals surface area contributed by atoms with Crippen LogP contribution in [0.2, 0.25) is 0 Å². The minimum Gasteiger partial charge on any atom is -0.508 e. The molecular weight excluding hydrogens is 508 g/mol. The van der Waals surface area contributed by atoms with Crippen molar-refractivity contribution in [3.8, 4) is 34.6 Å². The van der Waals surface area contributed by atoms with Crippen LogP contribution in [-0.4, -0.2) is 96.5 Å². The number of rotatable bonds is 7. The van der Waals surface area contributed by atoms with Gasteiger partial charge in [0.05, 0.1) is 11.3 Å². The molecule has 0 radical (unpaired) electrons. The highest BCUT2D eigenvalue weighted by Gasteiger charge is 2.25. The Morgan fingerprint density at radius 1 is 0.900 bits per heavy atom. The highest BCUT2D eigenvalue weighted by atomic mass is 16.3. The van der Waals surface area contributed by atoms with Crippen LogP contribution in [0.3, 0.4) is 0 Å². The summed E-state index contributed by atoms with van der Waals surface area (Å²) in [6.07, 6.45) is 2.20. The van der Waals surface area contributed by atoms with Gasteiger partial charge in [-0.15, -0.1) is 5.10 Å². The van der Waals surface area contributed by atoms with Crippen molar-refractivity contribution in [3.05, 3.63) is 47.5 Å². The number of aromatic nitrogens is 3. The predicted octanol–water partition coefficient (Wildman–Crippen LogP) is 3.55. The zero-order valence-electron chi connectivity index (χ0n) is 23.6. The zero-order chi connectivity index (χ0) is 28.4. The van der Waals surface area contributed by atoms with E-state index in [4.69, 9.17) is 0 Å². The molecule has 2 aromatic carbocycles. The monoisotopic (exact) mass is 548 g/mol. The Labute approximate surface area is 235 Å². The van der Waals surface area contributed by atoms with Gasteiger partial charge in [-0.1, -0.05) is 31.1 Å². The average Bonchev–Trinajstić information content (AvgIpc) is 3.31. The van der Waals surface area contributed by atoms with Crippen LogP contribution in [0.4, 0.5) is 0 Å². The van der Waals surface area contributed by atoms with E-state index in [0.717, 1.165) is 65.2 Å². The smallest absolute Gasteiger partial charge is 0.319 e. The number of phenolic OH excluding ortho intramolecular Hbond substituents is 2. The molecule has 3 aromatic rings. The van der Waals surface area contributed by atoms with Crippen molar-refractivity contribution in [2.24, 2.45) is 5.92 Å². The van der Waals surface area contributed by atoms with E-state index in [1.165, 1.54) is 16.2 Å². The van der Waals surface area contributed by atoms with Crippen molar-refractivity contribution >= 4 is 5.91 Å². The zero-order valence-corrected chi connectivity index (χ0v) is 23.6. The Morgan fingerprint density at radius 3 is 2.17 bits per heavy atom. The summed E-state index contributed by atoms with van der Waals surface area (Å²) in [4.78, 5) is 18.6. The Kier molecular flexibility index (Phi) is 8.27. The summed E-state index contributed by atoms with van der Waals surface area (Å²) >= 11 is 0. The van der Waals surface area contributed by atoms with E-state index in [0.29, 0.717) is 28.6 Å². The van der Waals surface area contributed by atoms with Crippen LogP contribution in [0.15, 0.2) is 36.4 Å². The molecule has 0 unspecified atom stereocenters. The summed E-state index contributed by atoms with van der Waals surface area (Å²) in [6, 6.07) is 10.7. The van der Waals surface area contributed by atoms with Crippen molar-refractivity contribution in [1.29, 1.82) is 0 Å². The number of phenols is 2. The number of carbonyl (C=O) groups is 1. The summed E-state index contributed by atoms with van der Waals surface area (Å²) in [5.41, 5.74) is 2.93. The van der Waals surface area contributed by atoms with E-state index in [1.807, 2.05) is 43.0 Å². The van der Waals surface area contributed by atoms with Gasteiger partial charge in [0.2, 0.25) is 5.91 Å². The number of amides is 1. The fraction of sp³-hybridized carbons (Fsp3) is 0.500. The van der Waals surface area contributed by atoms with Crippen molar-refractivity contribution in [2.75, 3.05) is 45.8 Å². The fourth-order valence-corrected chi connectivity index (χ4v) is 5.86. The minimum absolute atomic E-state index is 0.0201. The maximum Gasteiger partial charge on any atom is 0.319 e. The van der Waals surface area contributed by atoms with Crippen LogP contribution in [0.5, 0.6) is 17.5 Å². The van der Waals surface area contributed by atoms with Crippen LogP contribution >= 0.6 is 0 Å². The first kappa shape index (κ1) is 27.9. The lowest BCUT2D eigenvalue weighted by Crippen LogP contribution is -2.48. The molecule has 214 valence electrons.